The third-order valence-electron chi connectivity index (χ3n) is 13.9. The summed E-state index contributed by atoms with van der Waals surface area (Å²) in [6.07, 6.45) is 71.5. The van der Waals surface area contributed by atoms with E-state index in [1.54, 1.807) is 0 Å². The van der Waals surface area contributed by atoms with Crippen molar-refractivity contribution in [3.8, 4) is 0 Å². The summed E-state index contributed by atoms with van der Waals surface area (Å²) in [4.78, 5) is 58.3. The normalized spacial score (nSPS) is 14.9. The minimum atomic E-state index is -4.93. The van der Waals surface area contributed by atoms with Crippen LogP contribution in [0, 0.1) is 0 Å². The van der Waals surface area contributed by atoms with Crippen LogP contribution in [-0.4, -0.2) is 95.9 Å². The highest BCUT2D eigenvalue weighted by Gasteiger charge is 2.29. The van der Waals surface area contributed by atoms with E-state index in [9.17, 15) is 43.5 Å². The van der Waals surface area contributed by atoms with Crippen LogP contribution in [-0.2, 0) is 55.8 Å². The van der Waals surface area contributed by atoms with E-state index >= 15 is 0 Å². The van der Waals surface area contributed by atoms with Gasteiger partial charge in [-0.1, -0.05) is 233 Å². The minimum Gasteiger partial charge on any atom is -0.463 e. The molecule has 0 aliphatic heterocycles. The molecule has 0 radical (unpaired) electrons. The van der Waals surface area contributed by atoms with Crippen molar-refractivity contribution in [3.63, 3.8) is 0 Å². The van der Waals surface area contributed by atoms with Crippen LogP contribution in [0.25, 0.3) is 0 Å². The first kappa shape index (κ1) is 85.2. The standard InChI is InChI=1S/C71H122O16P2/c1-4-7-10-13-16-19-22-25-27-28-29-30-31-32-33-34-35-36-38-41-42-45-48-51-54-57-69(74)81-60-66(72)61-83-88(77,78)84-62-67(73)63-85-89(79,80)86-65-68(87-71(76)59-56-53-50-47-44-39-24-21-18-15-12-9-6-3)64-82-70(75)58-55-52-49-46-43-40-37-26-23-20-17-14-11-8-5-2/h7,10,12,15-16,19,21,24-27,29-30,32-33,35-37,66-68,72-73H,4-6,8-9,11,13-14,17-18,20,22-23,28,31,34,38-65H2,1-3H3,(H,77,78)(H,79,80)/b10-7-,15-12-,19-16-,24-21-,27-25-,30-29-,33-32-,36-35-,37-26-. The molecule has 0 spiro atoms. The van der Waals surface area contributed by atoms with Crippen LogP contribution in [0.3, 0.4) is 0 Å². The molecule has 0 bridgehead atoms. The highest BCUT2D eigenvalue weighted by Crippen LogP contribution is 2.45. The van der Waals surface area contributed by atoms with Crippen LogP contribution in [0.1, 0.15) is 265 Å². The zero-order valence-electron chi connectivity index (χ0n) is 55.3. The van der Waals surface area contributed by atoms with Crippen molar-refractivity contribution < 1.29 is 75.8 Å². The van der Waals surface area contributed by atoms with Crippen molar-refractivity contribution in [1.29, 1.82) is 0 Å². The maximum atomic E-state index is 12.9. The van der Waals surface area contributed by atoms with Gasteiger partial charge in [0.05, 0.1) is 26.4 Å². The Kier molecular flexibility index (Phi) is 61.6. The molecule has 512 valence electrons. The predicted octanol–water partition coefficient (Wildman–Crippen LogP) is 18.9. The smallest absolute Gasteiger partial charge is 0.463 e. The molecule has 18 heteroatoms. The average molecular weight is 1290 g/mol. The van der Waals surface area contributed by atoms with Crippen molar-refractivity contribution in [2.45, 2.75) is 283 Å². The second kappa shape index (κ2) is 64.3. The maximum Gasteiger partial charge on any atom is 0.472 e. The number of hydrogen-bond donors (Lipinski definition) is 4. The molecule has 0 aromatic carbocycles. The number of ether oxygens (including phenoxy) is 3. The summed E-state index contributed by atoms with van der Waals surface area (Å²) in [6, 6.07) is 0. The number of allylic oxidation sites excluding steroid dienone is 18. The molecule has 16 nitrogen and oxygen atoms in total. The molecular weight excluding hydrogens is 1170 g/mol. The van der Waals surface area contributed by atoms with Gasteiger partial charge in [-0.25, -0.2) is 9.13 Å². The summed E-state index contributed by atoms with van der Waals surface area (Å²) in [7, 11) is -9.78. The van der Waals surface area contributed by atoms with Crippen molar-refractivity contribution in [2.24, 2.45) is 0 Å². The van der Waals surface area contributed by atoms with Crippen molar-refractivity contribution in [2.75, 3.05) is 39.6 Å². The second-order valence-corrected chi connectivity index (χ2v) is 25.5. The lowest BCUT2D eigenvalue weighted by atomic mass is 10.1. The zero-order chi connectivity index (χ0) is 65.3. The molecule has 0 aliphatic rings. The summed E-state index contributed by atoms with van der Waals surface area (Å²) in [5.74, 6) is -1.62. The Labute approximate surface area is 539 Å². The molecule has 0 rings (SSSR count). The quantitative estimate of drug-likeness (QED) is 0.0146. The van der Waals surface area contributed by atoms with Gasteiger partial charge in [-0.3, -0.25) is 32.5 Å². The van der Waals surface area contributed by atoms with E-state index in [2.05, 4.69) is 130 Å². The molecule has 89 heavy (non-hydrogen) atoms. The first-order chi connectivity index (χ1) is 43.2. The van der Waals surface area contributed by atoms with Crippen LogP contribution < -0.4 is 0 Å². The SMILES string of the molecule is CC/C=C\C/C=C\C/C=C\C/C=C\C/C=C\C/C=C\CCCCCCCCC(=O)OCC(O)COP(=O)(O)OCC(O)COP(=O)(O)OCC(COC(=O)CCCCCCC/C=C\CCCCCCCC)OC(=O)CCCCCCC/C=C\C/C=C\CCC. The summed E-state index contributed by atoms with van der Waals surface area (Å²) in [6.45, 7) is 2.43. The number of aliphatic hydroxyl groups excluding tert-OH is 2. The van der Waals surface area contributed by atoms with Crippen molar-refractivity contribution in [3.05, 3.63) is 109 Å². The molecule has 5 unspecified atom stereocenters. The van der Waals surface area contributed by atoms with Gasteiger partial charge in [-0.05, 0) is 122 Å². The number of esters is 3. The number of phosphoric acid groups is 2. The fourth-order valence-corrected chi connectivity index (χ4v) is 10.3. The molecule has 0 amide bonds. The number of hydrogen-bond acceptors (Lipinski definition) is 14. The highest BCUT2D eigenvalue weighted by molar-refractivity contribution is 7.47. The van der Waals surface area contributed by atoms with E-state index in [1.165, 1.54) is 38.5 Å². The van der Waals surface area contributed by atoms with E-state index in [4.69, 9.17) is 32.3 Å². The van der Waals surface area contributed by atoms with E-state index in [0.29, 0.717) is 19.3 Å². The van der Waals surface area contributed by atoms with Gasteiger partial charge in [0.1, 0.15) is 25.4 Å². The van der Waals surface area contributed by atoms with Crippen LogP contribution in [0.15, 0.2) is 109 Å². The number of carbonyl (C=O) groups is 3. The summed E-state index contributed by atoms with van der Waals surface area (Å²) >= 11 is 0. The highest BCUT2D eigenvalue weighted by atomic mass is 31.2. The van der Waals surface area contributed by atoms with E-state index < -0.39 is 91.5 Å². The van der Waals surface area contributed by atoms with E-state index in [1.807, 2.05) is 0 Å². The monoisotopic (exact) mass is 1290 g/mol. The molecule has 0 aliphatic carbocycles. The molecular formula is C71H122O16P2. The van der Waals surface area contributed by atoms with Crippen LogP contribution in [0.4, 0.5) is 0 Å². The third kappa shape index (κ3) is 65.5. The van der Waals surface area contributed by atoms with Gasteiger partial charge in [0.2, 0.25) is 0 Å². The fraction of sp³-hybridized carbons (Fsp3) is 0.704. The van der Waals surface area contributed by atoms with Gasteiger partial charge in [0, 0.05) is 19.3 Å². The summed E-state index contributed by atoms with van der Waals surface area (Å²) in [5.41, 5.74) is 0. The van der Waals surface area contributed by atoms with Crippen molar-refractivity contribution in [1.82, 2.24) is 0 Å². The number of aliphatic hydroxyl groups is 2. The van der Waals surface area contributed by atoms with Crippen molar-refractivity contribution >= 4 is 33.6 Å². The summed E-state index contributed by atoms with van der Waals surface area (Å²) in [5, 5.41) is 20.5. The Bertz CT molecular complexity index is 2060. The lowest BCUT2D eigenvalue weighted by molar-refractivity contribution is -0.161. The first-order valence-electron chi connectivity index (χ1n) is 34.2. The lowest BCUT2D eigenvalue weighted by Gasteiger charge is -2.21. The van der Waals surface area contributed by atoms with Gasteiger partial charge < -0.3 is 34.2 Å². The zero-order valence-corrected chi connectivity index (χ0v) is 57.1. The number of phosphoric ester groups is 2. The van der Waals surface area contributed by atoms with Crippen LogP contribution in [0.5, 0.6) is 0 Å². The maximum absolute atomic E-state index is 12.9. The molecule has 0 fully saturated rings. The Morgan fingerprint density at radius 3 is 1.00 bits per heavy atom. The van der Waals surface area contributed by atoms with Gasteiger partial charge in [-0.2, -0.15) is 0 Å². The van der Waals surface area contributed by atoms with Crippen LogP contribution >= 0.6 is 15.6 Å². The summed E-state index contributed by atoms with van der Waals surface area (Å²) < 4.78 is 60.8. The van der Waals surface area contributed by atoms with E-state index in [0.717, 1.165) is 167 Å². The molecule has 0 aromatic heterocycles. The molecule has 0 aromatic rings. The molecule has 0 heterocycles. The largest absolute Gasteiger partial charge is 0.472 e. The van der Waals surface area contributed by atoms with Gasteiger partial charge in [-0.15, -0.1) is 0 Å². The third-order valence-corrected chi connectivity index (χ3v) is 15.8. The Morgan fingerprint density at radius 2 is 0.618 bits per heavy atom. The Balaban J connectivity index is 4.57. The lowest BCUT2D eigenvalue weighted by Crippen LogP contribution is -2.30. The van der Waals surface area contributed by atoms with Gasteiger partial charge in [0.15, 0.2) is 6.10 Å². The Hall–Kier alpha value is -3.79. The molecule has 4 N–H and O–H groups in total. The van der Waals surface area contributed by atoms with Gasteiger partial charge in [0.25, 0.3) is 0 Å². The molecule has 0 saturated heterocycles. The van der Waals surface area contributed by atoms with E-state index in [-0.39, 0.29) is 19.3 Å². The minimum absolute atomic E-state index is 0.0858. The molecule has 0 saturated carbocycles. The Morgan fingerprint density at radius 1 is 0.326 bits per heavy atom. The second-order valence-electron chi connectivity index (χ2n) is 22.6. The number of unbranched alkanes of at least 4 members (excludes halogenated alkanes) is 23. The number of carbonyl (C=O) groups excluding carboxylic acids is 3. The van der Waals surface area contributed by atoms with Gasteiger partial charge >= 0.3 is 33.6 Å². The predicted molar refractivity (Wildman–Crippen MR) is 362 cm³/mol. The topological polar surface area (TPSA) is 231 Å². The molecule has 5 atom stereocenters. The fourth-order valence-electron chi connectivity index (χ4n) is 8.72. The van der Waals surface area contributed by atoms with Crippen LogP contribution in [0.2, 0.25) is 0 Å². The average Bonchev–Trinajstić information content (AvgIpc) is 3.70. The number of rotatable bonds is 64. The first-order valence-corrected chi connectivity index (χ1v) is 37.2.